The first-order chi connectivity index (χ1) is 6.71. The van der Waals surface area contributed by atoms with Crippen molar-refractivity contribution in [3.05, 3.63) is 6.42 Å². The average molecular weight is 300 g/mol. The molecular weight excluding hydrogens is 287 g/mol. The fourth-order valence-electron chi connectivity index (χ4n) is 0.707. The zero-order chi connectivity index (χ0) is 11.9. The van der Waals surface area contributed by atoms with Gasteiger partial charge in [-0.05, 0) is 17.9 Å². The second kappa shape index (κ2) is 9.15. The molecule has 0 aromatic rings. The molecule has 0 fully saturated rings. The van der Waals surface area contributed by atoms with Gasteiger partial charge in [-0.15, -0.1) is 5.75 Å². The van der Waals surface area contributed by atoms with E-state index < -0.39 is 26.0 Å². The Bertz CT molecular complexity index is 326. The molecule has 0 unspecified atom stereocenters. The van der Waals surface area contributed by atoms with Crippen LogP contribution in [0.1, 0.15) is 6.42 Å². The number of rotatable bonds is 8. The predicted octanol–water partition coefficient (Wildman–Crippen LogP) is -2.91. The first-order valence-electron chi connectivity index (χ1n) is 4.00. The minimum atomic E-state index is -3.94. The van der Waals surface area contributed by atoms with E-state index in [1.807, 2.05) is 0 Å². The van der Waals surface area contributed by atoms with E-state index in [0.29, 0.717) is 17.9 Å². The van der Waals surface area contributed by atoms with Gasteiger partial charge in [-0.1, -0.05) is 0 Å². The maximum absolute atomic E-state index is 10.3. The Labute approximate surface area is 122 Å². The van der Waals surface area contributed by atoms with Crippen molar-refractivity contribution >= 4 is 32.0 Å². The van der Waals surface area contributed by atoms with Crippen molar-refractivity contribution in [2.75, 3.05) is 23.0 Å². The number of hydrogen-bond acceptors (Lipinski definition) is 5. The van der Waals surface area contributed by atoms with E-state index in [0.717, 1.165) is 0 Å². The van der Waals surface area contributed by atoms with Crippen LogP contribution in [0.4, 0.5) is 0 Å². The molecule has 6 nitrogen and oxygen atoms in total. The molecule has 0 aromatic carbocycles. The van der Waals surface area contributed by atoms with Crippen molar-refractivity contribution in [1.29, 1.82) is 0 Å². The standard InChI is InChI=1S/C6H13O6S3.Na/c7-14(8,9)5-1-3-13-4-2-6-15(10,11)12;/h1H,2-6H2,(H,7,8,9)(H,10,11,12);/q-1;+1. The van der Waals surface area contributed by atoms with Crippen LogP contribution in [0.15, 0.2) is 0 Å². The molecule has 2 N–H and O–H groups in total. The van der Waals surface area contributed by atoms with Gasteiger partial charge < -0.3 is 6.42 Å². The van der Waals surface area contributed by atoms with E-state index in [1.165, 1.54) is 18.2 Å². The summed E-state index contributed by atoms with van der Waals surface area (Å²) in [6.45, 7) is 0. The van der Waals surface area contributed by atoms with E-state index in [1.54, 1.807) is 0 Å². The number of hydrogen-bond donors (Lipinski definition) is 2. The minimum Gasteiger partial charge on any atom is -0.302 e. The Morgan fingerprint density at radius 1 is 1.06 bits per heavy atom. The van der Waals surface area contributed by atoms with Crippen LogP contribution in [0.3, 0.4) is 0 Å². The molecule has 0 radical (unpaired) electrons. The zero-order valence-corrected chi connectivity index (χ0v) is 13.3. The van der Waals surface area contributed by atoms with Gasteiger partial charge in [0.2, 0.25) is 10.1 Å². The van der Waals surface area contributed by atoms with Crippen LogP contribution in [0.25, 0.3) is 0 Å². The molecule has 0 spiro atoms. The Kier molecular flexibility index (Phi) is 11.2. The summed E-state index contributed by atoms with van der Waals surface area (Å²) in [6.07, 6.45) is 1.69. The Morgan fingerprint density at radius 2 is 1.62 bits per heavy atom. The van der Waals surface area contributed by atoms with E-state index in [4.69, 9.17) is 9.11 Å². The summed E-state index contributed by atoms with van der Waals surface area (Å²) in [5.74, 6) is 0.212. The van der Waals surface area contributed by atoms with E-state index >= 15 is 0 Å². The topological polar surface area (TPSA) is 109 Å². The van der Waals surface area contributed by atoms with Crippen molar-refractivity contribution in [2.45, 2.75) is 6.42 Å². The zero-order valence-electron chi connectivity index (χ0n) is 8.87. The van der Waals surface area contributed by atoms with Crippen LogP contribution in [0.2, 0.25) is 0 Å². The minimum absolute atomic E-state index is 0. The summed E-state index contributed by atoms with van der Waals surface area (Å²) in [4.78, 5) is 0. The molecule has 0 atom stereocenters. The Morgan fingerprint density at radius 3 is 2.06 bits per heavy atom. The smallest absolute Gasteiger partial charge is 0.302 e. The summed E-state index contributed by atoms with van der Waals surface area (Å²) in [7, 11) is -7.84. The molecule has 0 aliphatic carbocycles. The molecular formula is C6H13NaO6S3. The van der Waals surface area contributed by atoms with Gasteiger partial charge in [-0.2, -0.15) is 20.2 Å². The second-order valence-electron chi connectivity index (χ2n) is 2.75. The maximum Gasteiger partial charge on any atom is 1.00 e. The third-order valence-electron chi connectivity index (χ3n) is 1.26. The van der Waals surface area contributed by atoms with Crippen LogP contribution < -0.4 is 29.6 Å². The normalized spacial score (nSPS) is 12.1. The molecule has 10 heteroatoms. The van der Waals surface area contributed by atoms with Gasteiger partial charge >= 0.3 is 29.6 Å². The van der Waals surface area contributed by atoms with E-state index in [2.05, 4.69) is 0 Å². The van der Waals surface area contributed by atoms with Gasteiger partial charge in [0.1, 0.15) is 0 Å². The average Bonchev–Trinajstić information content (AvgIpc) is 1.98. The quantitative estimate of drug-likeness (QED) is 0.214. The van der Waals surface area contributed by atoms with Crippen molar-refractivity contribution in [1.82, 2.24) is 0 Å². The van der Waals surface area contributed by atoms with E-state index in [9.17, 15) is 16.8 Å². The first kappa shape index (κ1) is 19.5. The SMILES string of the molecule is O=S(=O)(O)C[CH-]CSCCCS(=O)(=O)O.[Na+]. The van der Waals surface area contributed by atoms with Gasteiger partial charge in [0.25, 0.3) is 10.1 Å². The molecule has 92 valence electrons. The second-order valence-corrected chi connectivity index (χ2v) is 6.97. The number of thioether (sulfide) groups is 1. The van der Waals surface area contributed by atoms with Gasteiger partial charge in [-0.25, -0.2) is 8.42 Å². The van der Waals surface area contributed by atoms with Gasteiger partial charge in [-0.3, -0.25) is 9.11 Å². The van der Waals surface area contributed by atoms with Crippen LogP contribution in [-0.4, -0.2) is 49.0 Å². The van der Waals surface area contributed by atoms with Crippen LogP contribution >= 0.6 is 11.8 Å². The third kappa shape index (κ3) is 17.6. The van der Waals surface area contributed by atoms with Crippen molar-refractivity contribution < 1.29 is 55.5 Å². The summed E-state index contributed by atoms with van der Waals surface area (Å²) >= 11 is 1.33. The summed E-state index contributed by atoms with van der Waals surface area (Å²) in [6, 6.07) is 0. The predicted molar refractivity (Wildman–Crippen MR) is 59.1 cm³/mol. The monoisotopic (exact) mass is 300 g/mol. The van der Waals surface area contributed by atoms with Crippen LogP contribution in [0, 0.1) is 6.42 Å². The van der Waals surface area contributed by atoms with Gasteiger partial charge in [0.05, 0.1) is 5.75 Å². The van der Waals surface area contributed by atoms with Crippen molar-refractivity contribution in [2.24, 2.45) is 0 Å². The molecule has 0 aromatic heterocycles. The Hall–Kier alpha value is 1.17. The molecule has 0 saturated heterocycles. The maximum atomic E-state index is 10.3. The summed E-state index contributed by atoms with van der Waals surface area (Å²) in [5, 5.41) is 0. The van der Waals surface area contributed by atoms with Crippen LogP contribution in [-0.2, 0) is 20.2 Å². The molecule has 0 rings (SSSR count). The van der Waals surface area contributed by atoms with Crippen molar-refractivity contribution in [3.8, 4) is 0 Å². The summed E-state index contributed by atoms with van der Waals surface area (Å²) in [5.41, 5.74) is 0. The Balaban J connectivity index is 0. The third-order valence-corrected chi connectivity index (χ3v) is 3.77. The van der Waals surface area contributed by atoms with E-state index in [-0.39, 0.29) is 35.3 Å². The largest absolute Gasteiger partial charge is 1.00 e. The molecule has 0 aliphatic heterocycles. The first-order valence-corrected chi connectivity index (χ1v) is 8.38. The molecule has 0 bridgehead atoms. The molecule has 0 heterocycles. The molecule has 16 heavy (non-hydrogen) atoms. The molecule has 0 saturated carbocycles. The fraction of sp³-hybridized carbons (Fsp3) is 0.833. The van der Waals surface area contributed by atoms with Crippen molar-refractivity contribution in [3.63, 3.8) is 0 Å². The van der Waals surface area contributed by atoms with Gasteiger partial charge in [0.15, 0.2) is 0 Å². The molecule has 0 aliphatic rings. The van der Waals surface area contributed by atoms with Gasteiger partial charge in [0, 0.05) is 0 Å². The van der Waals surface area contributed by atoms with Crippen LogP contribution in [0.5, 0.6) is 0 Å². The summed E-state index contributed by atoms with van der Waals surface area (Å²) < 4.78 is 57.8. The fourth-order valence-corrected chi connectivity index (χ4v) is 2.76. The molecule has 0 amide bonds.